The molecule has 0 saturated carbocycles. The molecule has 118 valence electrons. The normalized spacial score (nSPS) is 15.3. The summed E-state index contributed by atoms with van der Waals surface area (Å²) in [6, 6.07) is 5.89. The third-order valence-electron chi connectivity index (χ3n) is 3.43. The molecule has 1 heterocycles. The van der Waals surface area contributed by atoms with Gasteiger partial charge < -0.3 is 10.4 Å². The van der Waals surface area contributed by atoms with Crippen LogP contribution >= 0.6 is 15.9 Å². The molecule has 1 aromatic carbocycles. The first-order chi connectivity index (χ1) is 10.2. The minimum atomic E-state index is -0.424. The van der Waals surface area contributed by atoms with Crippen LogP contribution in [-0.2, 0) is 15.0 Å². The monoisotopic (exact) mass is 366 g/mol. The lowest BCUT2D eigenvalue weighted by Crippen LogP contribution is -2.34. The molecule has 0 aromatic heterocycles. The van der Waals surface area contributed by atoms with Gasteiger partial charge in [-0.3, -0.25) is 14.5 Å². The molecule has 22 heavy (non-hydrogen) atoms. The van der Waals surface area contributed by atoms with Crippen LogP contribution in [-0.4, -0.2) is 35.0 Å². The number of carbonyl (C=O) groups is 2. The van der Waals surface area contributed by atoms with E-state index in [4.69, 9.17) is 5.11 Å². The van der Waals surface area contributed by atoms with E-state index in [0.717, 1.165) is 20.6 Å². The number of imide groups is 1. The van der Waals surface area contributed by atoms with Crippen LogP contribution in [0.15, 0.2) is 34.4 Å². The molecular weight excluding hydrogens is 348 g/mol. The molecule has 2 rings (SSSR count). The first-order valence-corrected chi connectivity index (χ1v) is 7.79. The summed E-state index contributed by atoms with van der Waals surface area (Å²) in [4.78, 5) is 24.9. The summed E-state index contributed by atoms with van der Waals surface area (Å²) in [7, 11) is 0. The van der Waals surface area contributed by atoms with Crippen molar-refractivity contribution >= 4 is 33.4 Å². The van der Waals surface area contributed by atoms with Gasteiger partial charge in [-0.25, -0.2) is 0 Å². The van der Waals surface area contributed by atoms with Crippen LogP contribution in [0.25, 0.3) is 0 Å². The second-order valence-corrected chi connectivity index (χ2v) is 7.00. The van der Waals surface area contributed by atoms with Crippen molar-refractivity contribution in [2.75, 3.05) is 18.5 Å². The number of carbonyl (C=O) groups excluding carboxylic acids is 2. The predicted octanol–water partition coefficient (Wildman–Crippen LogP) is 2.40. The van der Waals surface area contributed by atoms with Crippen LogP contribution in [0.5, 0.6) is 0 Å². The van der Waals surface area contributed by atoms with Crippen LogP contribution in [0.3, 0.4) is 0 Å². The Morgan fingerprint density at radius 2 is 1.95 bits per heavy atom. The number of rotatable bonds is 4. The lowest BCUT2D eigenvalue weighted by atomic mass is 9.87. The number of hydrogen-bond acceptors (Lipinski definition) is 4. The Morgan fingerprint density at radius 3 is 2.55 bits per heavy atom. The first-order valence-electron chi connectivity index (χ1n) is 6.99. The summed E-state index contributed by atoms with van der Waals surface area (Å²) in [6.45, 7) is 6.07. The van der Waals surface area contributed by atoms with Crippen molar-refractivity contribution in [3.05, 3.63) is 40.0 Å². The van der Waals surface area contributed by atoms with E-state index in [0.29, 0.717) is 0 Å². The molecule has 1 aromatic rings. The van der Waals surface area contributed by atoms with Crippen LogP contribution in [0, 0.1) is 0 Å². The maximum Gasteiger partial charge on any atom is 0.277 e. The van der Waals surface area contributed by atoms with Crippen molar-refractivity contribution in [2.45, 2.75) is 26.2 Å². The zero-order valence-electron chi connectivity index (χ0n) is 12.8. The molecule has 0 aliphatic carbocycles. The topological polar surface area (TPSA) is 69.6 Å². The molecule has 0 atom stereocenters. The largest absolute Gasteiger partial charge is 0.395 e. The van der Waals surface area contributed by atoms with E-state index in [9.17, 15) is 9.59 Å². The van der Waals surface area contributed by atoms with Crippen molar-refractivity contribution in [1.82, 2.24) is 4.90 Å². The molecule has 6 heteroatoms. The highest BCUT2D eigenvalue weighted by Gasteiger charge is 2.31. The highest BCUT2D eigenvalue weighted by atomic mass is 79.9. The van der Waals surface area contributed by atoms with Crippen molar-refractivity contribution in [3.8, 4) is 0 Å². The van der Waals surface area contributed by atoms with E-state index >= 15 is 0 Å². The van der Waals surface area contributed by atoms with Gasteiger partial charge in [-0.05, 0) is 39.0 Å². The first kappa shape index (κ1) is 16.7. The maximum absolute atomic E-state index is 12.2. The van der Waals surface area contributed by atoms with E-state index in [1.165, 1.54) is 6.08 Å². The van der Waals surface area contributed by atoms with Gasteiger partial charge in [-0.1, -0.05) is 26.8 Å². The van der Waals surface area contributed by atoms with E-state index in [1.54, 1.807) is 0 Å². The molecule has 0 radical (unpaired) electrons. The summed E-state index contributed by atoms with van der Waals surface area (Å²) in [5.41, 5.74) is 2.03. The third-order valence-corrected chi connectivity index (χ3v) is 4.13. The van der Waals surface area contributed by atoms with Gasteiger partial charge in [0.1, 0.15) is 5.70 Å². The van der Waals surface area contributed by atoms with Gasteiger partial charge >= 0.3 is 0 Å². The van der Waals surface area contributed by atoms with Gasteiger partial charge in [-0.15, -0.1) is 0 Å². The Bertz CT molecular complexity index is 647. The number of hydrogen-bond donors (Lipinski definition) is 2. The van der Waals surface area contributed by atoms with E-state index in [-0.39, 0.29) is 24.3 Å². The molecule has 0 bridgehead atoms. The molecule has 0 unspecified atom stereocenters. The highest BCUT2D eigenvalue weighted by Crippen LogP contribution is 2.31. The zero-order valence-corrected chi connectivity index (χ0v) is 14.4. The van der Waals surface area contributed by atoms with Crippen LogP contribution in [0.2, 0.25) is 0 Å². The number of halogens is 1. The minimum Gasteiger partial charge on any atom is -0.395 e. The van der Waals surface area contributed by atoms with Crippen LogP contribution in [0.1, 0.15) is 26.3 Å². The zero-order chi connectivity index (χ0) is 16.5. The van der Waals surface area contributed by atoms with Crippen molar-refractivity contribution in [3.63, 3.8) is 0 Å². The number of nitrogens with zero attached hydrogens (tertiary/aromatic N) is 1. The molecule has 1 aliphatic rings. The minimum absolute atomic E-state index is 0.00253. The van der Waals surface area contributed by atoms with Gasteiger partial charge in [0.25, 0.3) is 11.8 Å². The molecule has 0 saturated heterocycles. The third kappa shape index (κ3) is 3.39. The van der Waals surface area contributed by atoms with Gasteiger partial charge in [0, 0.05) is 10.5 Å². The molecule has 0 fully saturated rings. The number of nitrogens with one attached hydrogen (secondary N) is 1. The SMILES string of the molecule is CC(C)(C)c1ccc(Br)c(NC2=CC(=O)N(CCO)C2=O)c1. The molecule has 2 N–H and O–H groups in total. The van der Waals surface area contributed by atoms with Gasteiger partial charge in [-0.2, -0.15) is 0 Å². The summed E-state index contributed by atoms with van der Waals surface area (Å²) in [6.07, 6.45) is 1.26. The number of aliphatic hydroxyl groups excluding tert-OH is 1. The van der Waals surface area contributed by atoms with Gasteiger partial charge in [0.05, 0.1) is 18.8 Å². The average molecular weight is 367 g/mol. The van der Waals surface area contributed by atoms with Crippen molar-refractivity contribution < 1.29 is 14.7 Å². The van der Waals surface area contributed by atoms with Crippen molar-refractivity contribution in [2.24, 2.45) is 0 Å². The van der Waals surface area contributed by atoms with E-state index < -0.39 is 11.8 Å². The molecule has 0 spiro atoms. The lowest BCUT2D eigenvalue weighted by Gasteiger charge is -2.21. The Balaban J connectivity index is 2.27. The second-order valence-electron chi connectivity index (χ2n) is 6.15. The summed E-state index contributed by atoms with van der Waals surface area (Å²) in [5, 5.41) is 11.9. The molecular formula is C16H19BrN2O3. The molecule has 5 nitrogen and oxygen atoms in total. The summed E-state index contributed by atoms with van der Waals surface area (Å²) < 4.78 is 0.808. The molecule has 2 amide bonds. The van der Waals surface area contributed by atoms with E-state index in [2.05, 4.69) is 42.0 Å². The van der Waals surface area contributed by atoms with Crippen LogP contribution in [0.4, 0.5) is 5.69 Å². The quantitative estimate of drug-likeness (QED) is 0.802. The standard InChI is InChI=1S/C16H19BrN2O3/c1-16(2,3)10-4-5-11(17)12(8-10)18-13-9-14(21)19(6-7-20)15(13)22/h4-5,8-9,18,20H,6-7H2,1-3H3. The van der Waals surface area contributed by atoms with Crippen LogP contribution < -0.4 is 5.32 Å². The smallest absolute Gasteiger partial charge is 0.277 e. The molecule has 1 aliphatic heterocycles. The number of benzene rings is 1. The fourth-order valence-corrected chi connectivity index (χ4v) is 2.49. The summed E-state index contributed by atoms with van der Waals surface area (Å²) in [5.74, 6) is -0.836. The Morgan fingerprint density at radius 1 is 1.27 bits per heavy atom. The maximum atomic E-state index is 12.2. The highest BCUT2D eigenvalue weighted by molar-refractivity contribution is 9.10. The fraction of sp³-hybridized carbons (Fsp3) is 0.375. The predicted molar refractivity (Wildman–Crippen MR) is 88.4 cm³/mol. The Labute approximate surface area is 138 Å². The Hall–Kier alpha value is -1.66. The van der Waals surface area contributed by atoms with Gasteiger partial charge in [0.15, 0.2) is 0 Å². The number of amides is 2. The van der Waals surface area contributed by atoms with Crippen molar-refractivity contribution in [1.29, 1.82) is 0 Å². The second kappa shape index (κ2) is 6.22. The Kier molecular flexibility index (Phi) is 4.72. The number of anilines is 1. The van der Waals surface area contributed by atoms with Gasteiger partial charge in [0.2, 0.25) is 0 Å². The number of aliphatic hydroxyl groups is 1. The lowest BCUT2D eigenvalue weighted by molar-refractivity contribution is -0.137. The number of β-amino-alcohol motifs (C(OH)–C–C–N with tert-alkyl or cyclic N) is 1. The fourth-order valence-electron chi connectivity index (χ4n) is 2.14. The van der Waals surface area contributed by atoms with E-state index in [1.807, 2.05) is 18.2 Å². The average Bonchev–Trinajstić information content (AvgIpc) is 2.68. The summed E-state index contributed by atoms with van der Waals surface area (Å²) >= 11 is 3.45.